The van der Waals surface area contributed by atoms with Crippen LogP contribution in [-0.2, 0) is 7.05 Å². The molecule has 140 valence electrons. The number of benzene rings is 1. The molecule has 3 amide bonds. The first-order valence-electron chi connectivity index (χ1n) is 9.29. The Morgan fingerprint density at radius 2 is 1.78 bits per heavy atom. The number of nitrogens with zero attached hydrogens (tertiary/aromatic N) is 3. The molecule has 2 aromatic rings. The fraction of sp³-hybridized carbons (Fsp3) is 0.400. The van der Waals surface area contributed by atoms with Crippen LogP contribution in [0.4, 0.5) is 5.82 Å². The molecule has 0 spiro atoms. The summed E-state index contributed by atoms with van der Waals surface area (Å²) in [6.45, 7) is 1.84. The van der Waals surface area contributed by atoms with E-state index in [2.05, 4.69) is 10.4 Å². The van der Waals surface area contributed by atoms with E-state index in [1.54, 1.807) is 29.9 Å². The summed E-state index contributed by atoms with van der Waals surface area (Å²) >= 11 is 0. The van der Waals surface area contributed by atoms with E-state index in [9.17, 15) is 14.4 Å². The Morgan fingerprint density at radius 3 is 2.44 bits per heavy atom. The van der Waals surface area contributed by atoms with E-state index in [1.807, 2.05) is 6.92 Å². The van der Waals surface area contributed by atoms with Crippen LogP contribution in [0.3, 0.4) is 0 Å². The lowest BCUT2D eigenvalue weighted by atomic mass is 9.94. The normalized spacial score (nSPS) is 17.3. The Balaban J connectivity index is 1.58. The maximum absolute atomic E-state index is 12.9. The Morgan fingerprint density at radius 1 is 1.07 bits per heavy atom. The number of anilines is 1. The predicted octanol–water partition coefficient (Wildman–Crippen LogP) is 2.91. The van der Waals surface area contributed by atoms with Gasteiger partial charge in [-0.15, -0.1) is 0 Å². The number of amides is 3. The van der Waals surface area contributed by atoms with Crippen molar-refractivity contribution in [1.82, 2.24) is 14.7 Å². The summed E-state index contributed by atoms with van der Waals surface area (Å²) in [7, 11) is 1.75. The molecular formula is C20H22N4O3. The Labute approximate surface area is 157 Å². The van der Waals surface area contributed by atoms with Gasteiger partial charge in [0.05, 0.1) is 16.8 Å². The molecule has 7 heteroatoms. The first kappa shape index (κ1) is 17.5. The van der Waals surface area contributed by atoms with Gasteiger partial charge in [0.25, 0.3) is 17.7 Å². The van der Waals surface area contributed by atoms with Crippen LogP contribution in [0, 0.1) is 6.92 Å². The minimum atomic E-state index is -0.336. The molecule has 0 unspecified atom stereocenters. The molecule has 27 heavy (non-hydrogen) atoms. The van der Waals surface area contributed by atoms with Gasteiger partial charge < -0.3 is 5.32 Å². The van der Waals surface area contributed by atoms with Gasteiger partial charge in [-0.05, 0) is 38.0 Å². The maximum Gasteiger partial charge on any atom is 0.261 e. The second-order valence-corrected chi connectivity index (χ2v) is 7.28. The summed E-state index contributed by atoms with van der Waals surface area (Å²) in [5.74, 6) is -0.287. The maximum atomic E-state index is 12.9. The number of hydrogen-bond donors (Lipinski definition) is 1. The third kappa shape index (κ3) is 3.03. The van der Waals surface area contributed by atoms with E-state index in [0.29, 0.717) is 22.5 Å². The zero-order valence-corrected chi connectivity index (χ0v) is 15.5. The average molecular weight is 366 g/mol. The molecule has 4 rings (SSSR count). The van der Waals surface area contributed by atoms with Gasteiger partial charge in [0.15, 0.2) is 0 Å². The number of imide groups is 1. The zero-order chi connectivity index (χ0) is 19.1. The van der Waals surface area contributed by atoms with Crippen molar-refractivity contribution in [1.29, 1.82) is 0 Å². The van der Waals surface area contributed by atoms with E-state index in [-0.39, 0.29) is 23.8 Å². The van der Waals surface area contributed by atoms with E-state index in [1.165, 1.54) is 11.0 Å². The Kier molecular flexibility index (Phi) is 4.30. The molecule has 1 saturated carbocycles. The minimum absolute atomic E-state index is 0.0270. The van der Waals surface area contributed by atoms with Crippen molar-refractivity contribution in [2.45, 2.75) is 45.1 Å². The predicted molar refractivity (Wildman–Crippen MR) is 99.7 cm³/mol. The van der Waals surface area contributed by atoms with Gasteiger partial charge in [0.2, 0.25) is 0 Å². The van der Waals surface area contributed by atoms with Crippen molar-refractivity contribution < 1.29 is 14.4 Å². The topological polar surface area (TPSA) is 84.3 Å². The van der Waals surface area contributed by atoms with Gasteiger partial charge >= 0.3 is 0 Å². The van der Waals surface area contributed by atoms with Crippen LogP contribution >= 0.6 is 0 Å². The number of nitrogens with one attached hydrogen (secondary N) is 1. The fourth-order valence-electron chi connectivity index (χ4n) is 3.99. The van der Waals surface area contributed by atoms with Gasteiger partial charge in [-0.25, -0.2) is 0 Å². The molecule has 1 aromatic heterocycles. The van der Waals surface area contributed by atoms with E-state index < -0.39 is 0 Å². The lowest BCUT2D eigenvalue weighted by Gasteiger charge is -2.29. The number of carbonyl (C=O) groups is 3. The van der Waals surface area contributed by atoms with Crippen LogP contribution in [0.2, 0.25) is 0 Å². The van der Waals surface area contributed by atoms with Gasteiger partial charge in [0.1, 0.15) is 5.82 Å². The number of aryl methyl sites for hydroxylation is 2. The summed E-state index contributed by atoms with van der Waals surface area (Å²) in [5, 5.41) is 6.99. The summed E-state index contributed by atoms with van der Waals surface area (Å²) < 4.78 is 1.58. The molecule has 1 aromatic carbocycles. The van der Waals surface area contributed by atoms with Gasteiger partial charge in [0, 0.05) is 24.7 Å². The van der Waals surface area contributed by atoms with E-state index in [4.69, 9.17) is 0 Å². The molecule has 1 fully saturated rings. The van der Waals surface area contributed by atoms with Crippen LogP contribution in [0.1, 0.15) is 68.9 Å². The molecule has 0 saturated heterocycles. The van der Waals surface area contributed by atoms with Crippen molar-refractivity contribution in [2.24, 2.45) is 7.05 Å². The molecule has 0 radical (unpaired) electrons. The lowest BCUT2D eigenvalue weighted by molar-refractivity contribution is 0.0549. The highest BCUT2D eigenvalue weighted by Gasteiger charge is 2.40. The fourth-order valence-corrected chi connectivity index (χ4v) is 3.99. The molecule has 1 aliphatic carbocycles. The summed E-state index contributed by atoms with van der Waals surface area (Å²) in [5.41, 5.74) is 1.85. The summed E-state index contributed by atoms with van der Waals surface area (Å²) in [6, 6.07) is 6.44. The Hall–Kier alpha value is -2.96. The SMILES string of the molecule is Cc1cc(NC(=O)c2ccc3c(c2)C(=O)N(C2CCCCC2)C3=O)n(C)n1. The van der Waals surface area contributed by atoms with Gasteiger partial charge in [-0.3, -0.25) is 24.0 Å². The second kappa shape index (κ2) is 6.64. The van der Waals surface area contributed by atoms with Crippen molar-refractivity contribution in [3.8, 4) is 0 Å². The third-order valence-corrected chi connectivity index (χ3v) is 5.36. The minimum Gasteiger partial charge on any atom is -0.307 e. The number of hydrogen-bond acceptors (Lipinski definition) is 4. The van der Waals surface area contributed by atoms with Gasteiger partial charge in [-0.1, -0.05) is 19.3 Å². The van der Waals surface area contributed by atoms with E-state index >= 15 is 0 Å². The molecular weight excluding hydrogens is 344 g/mol. The van der Waals surface area contributed by atoms with Crippen LogP contribution < -0.4 is 5.32 Å². The van der Waals surface area contributed by atoms with Crippen LogP contribution in [0.5, 0.6) is 0 Å². The highest BCUT2D eigenvalue weighted by Crippen LogP contribution is 2.31. The second-order valence-electron chi connectivity index (χ2n) is 7.28. The van der Waals surface area contributed by atoms with Crippen LogP contribution in [0.25, 0.3) is 0 Å². The Bertz CT molecular complexity index is 941. The van der Waals surface area contributed by atoms with Crippen molar-refractivity contribution in [2.75, 3.05) is 5.32 Å². The zero-order valence-electron chi connectivity index (χ0n) is 15.5. The number of fused-ring (bicyclic) bond motifs is 1. The van der Waals surface area contributed by atoms with E-state index in [0.717, 1.165) is 37.8 Å². The van der Waals surface area contributed by atoms with Gasteiger partial charge in [-0.2, -0.15) is 5.10 Å². The standard InChI is InChI=1S/C20H22N4O3/c1-12-10-17(23(2)22-12)21-18(25)13-8-9-15-16(11-13)20(27)24(19(15)26)14-6-4-3-5-7-14/h8-11,14H,3-7H2,1-2H3,(H,21,25). The molecule has 0 atom stereocenters. The number of aromatic nitrogens is 2. The summed E-state index contributed by atoms with van der Waals surface area (Å²) in [6.07, 6.45) is 4.94. The van der Waals surface area contributed by atoms with Crippen LogP contribution in [-0.4, -0.2) is 38.4 Å². The lowest BCUT2D eigenvalue weighted by Crippen LogP contribution is -2.40. The quantitative estimate of drug-likeness (QED) is 0.847. The first-order valence-corrected chi connectivity index (χ1v) is 9.29. The highest BCUT2D eigenvalue weighted by molar-refractivity contribution is 6.22. The third-order valence-electron chi connectivity index (χ3n) is 5.36. The number of rotatable bonds is 3. The summed E-state index contributed by atoms with van der Waals surface area (Å²) in [4.78, 5) is 39.6. The molecule has 7 nitrogen and oxygen atoms in total. The van der Waals surface area contributed by atoms with Crippen molar-refractivity contribution in [3.63, 3.8) is 0 Å². The average Bonchev–Trinajstić information content (AvgIpc) is 3.11. The first-order chi connectivity index (χ1) is 13.0. The monoisotopic (exact) mass is 366 g/mol. The number of carbonyl (C=O) groups excluding carboxylic acids is 3. The smallest absolute Gasteiger partial charge is 0.261 e. The molecule has 2 heterocycles. The molecule has 1 N–H and O–H groups in total. The van der Waals surface area contributed by atoms with Crippen molar-refractivity contribution in [3.05, 3.63) is 46.6 Å². The van der Waals surface area contributed by atoms with Crippen LogP contribution in [0.15, 0.2) is 24.3 Å². The largest absolute Gasteiger partial charge is 0.307 e. The molecule has 1 aliphatic heterocycles. The molecule has 2 aliphatic rings. The molecule has 0 bridgehead atoms. The highest BCUT2D eigenvalue weighted by atomic mass is 16.2. The van der Waals surface area contributed by atoms with Crippen molar-refractivity contribution >= 4 is 23.5 Å².